The molecule has 0 aromatic carbocycles. The summed E-state index contributed by atoms with van der Waals surface area (Å²) >= 11 is 1.18. The molecule has 1 aliphatic heterocycles. The normalized spacial score (nSPS) is 20.2. The van der Waals surface area contributed by atoms with Crippen LogP contribution in [0.25, 0.3) is 0 Å². The topological polar surface area (TPSA) is 96.5 Å². The number of carboxylic acid groups (broad SMARTS) is 1. The predicted octanol–water partition coefficient (Wildman–Crippen LogP) is 0.805. The van der Waals surface area contributed by atoms with Crippen molar-refractivity contribution in [1.29, 1.82) is 0 Å². The zero-order valence-corrected chi connectivity index (χ0v) is 9.94. The van der Waals surface area contributed by atoms with Crippen LogP contribution in [-0.4, -0.2) is 39.5 Å². The van der Waals surface area contributed by atoms with E-state index < -0.39 is 12.0 Å². The van der Waals surface area contributed by atoms with Gasteiger partial charge in [-0.25, -0.2) is 9.78 Å². The Balaban J connectivity index is 2.19. The summed E-state index contributed by atoms with van der Waals surface area (Å²) < 4.78 is 0. The van der Waals surface area contributed by atoms with E-state index in [1.54, 1.807) is 5.38 Å². The molecule has 2 rings (SSSR count). The van der Waals surface area contributed by atoms with Crippen molar-refractivity contribution in [3.05, 3.63) is 11.1 Å². The fraction of sp³-hybridized carbons (Fsp3) is 0.500. The quantitative estimate of drug-likeness (QED) is 0.815. The lowest BCUT2D eigenvalue weighted by Gasteiger charge is -2.32. The fourth-order valence-corrected chi connectivity index (χ4v) is 2.50. The number of nitrogens with two attached hydrogens (primary N) is 1. The number of carboxylic acids is 1. The number of likely N-dealkylation sites (tertiary alicyclic amines) is 1. The third kappa shape index (κ3) is 2.38. The number of nitrogen functional groups attached to an aromatic ring is 1. The minimum Gasteiger partial charge on any atom is -0.480 e. The van der Waals surface area contributed by atoms with Crippen molar-refractivity contribution in [3.63, 3.8) is 0 Å². The third-order valence-corrected chi connectivity index (χ3v) is 3.46. The highest BCUT2D eigenvalue weighted by atomic mass is 32.1. The molecule has 92 valence electrons. The second-order valence-electron chi connectivity index (χ2n) is 3.92. The number of aliphatic carboxylic acids is 1. The Morgan fingerprint density at radius 2 is 2.29 bits per heavy atom. The largest absolute Gasteiger partial charge is 0.480 e. The molecule has 1 atom stereocenters. The Bertz CT molecular complexity index is 446. The molecule has 2 heterocycles. The Morgan fingerprint density at radius 1 is 1.53 bits per heavy atom. The van der Waals surface area contributed by atoms with Crippen LogP contribution in [0.4, 0.5) is 5.13 Å². The molecule has 0 bridgehead atoms. The summed E-state index contributed by atoms with van der Waals surface area (Å²) in [5.41, 5.74) is 5.70. The maximum Gasteiger partial charge on any atom is 0.326 e. The SMILES string of the molecule is Nc1nc(C(=O)N2CCCC[C@H]2C(=O)O)cs1. The van der Waals surface area contributed by atoms with Gasteiger partial charge in [0.15, 0.2) is 5.13 Å². The van der Waals surface area contributed by atoms with E-state index in [1.807, 2.05) is 0 Å². The summed E-state index contributed by atoms with van der Waals surface area (Å²) in [6, 6.07) is -0.737. The molecule has 7 heteroatoms. The highest BCUT2D eigenvalue weighted by Gasteiger charge is 2.33. The monoisotopic (exact) mass is 255 g/mol. The Hall–Kier alpha value is -1.63. The molecule has 1 aromatic rings. The van der Waals surface area contributed by atoms with Gasteiger partial charge in [-0.15, -0.1) is 11.3 Å². The molecule has 0 saturated carbocycles. The van der Waals surface area contributed by atoms with Gasteiger partial charge in [0, 0.05) is 11.9 Å². The number of rotatable bonds is 2. The Kier molecular flexibility index (Phi) is 3.28. The summed E-state index contributed by atoms with van der Waals surface area (Å²) in [6.07, 6.45) is 2.16. The van der Waals surface area contributed by atoms with Gasteiger partial charge in [0.05, 0.1) is 0 Å². The molecular weight excluding hydrogens is 242 g/mol. The summed E-state index contributed by atoms with van der Waals surface area (Å²) in [4.78, 5) is 28.4. The average molecular weight is 255 g/mol. The lowest BCUT2D eigenvalue weighted by Crippen LogP contribution is -2.48. The van der Waals surface area contributed by atoms with Gasteiger partial charge in [-0.3, -0.25) is 4.79 Å². The zero-order valence-electron chi connectivity index (χ0n) is 9.13. The summed E-state index contributed by atoms with van der Waals surface area (Å²) in [5.74, 6) is -1.30. The minimum atomic E-state index is -0.957. The number of hydrogen-bond acceptors (Lipinski definition) is 5. The van der Waals surface area contributed by atoms with Crippen molar-refractivity contribution in [1.82, 2.24) is 9.88 Å². The number of amides is 1. The van der Waals surface area contributed by atoms with Crippen LogP contribution >= 0.6 is 11.3 Å². The number of piperidine rings is 1. The van der Waals surface area contributed by atoms with Crippen molar-refractivity contribution >= 4 is 28.3 Å². The van der Waals surface area contributed by atoms with Gasteiger partial charge < -0.3 is 15.7 Å². The minimum absolute atomic E-state index is 0.237. The molecule has 1 amide bonds. The van der Waals surface area contributed by atoms with Crippen LogP contribution in [0.5, 0.6) is 0 Å². The molecule has 0 unspecified atom stereocenters. The van der Waals surface area contributed by atoms with Crippen LogP contribution in [0, 0.1) is 0 Å². The Labute approximate surface area is 102 Å². The van der Waals surface area contributed by atoms with Gasteiger partial charge in [0.2, 0.25) is 0 Å². The van der Waals surface area contributed by atoms with Crippen LogP contribution in [0.2, 0.25) is 0 Å². The van der Waals surface area contributed by atoms with E-state index in [-0.39, 0.29) is 11.6 Å². The van der Waals surface area contributed by atoms with Crippen molar-refractivity contribution < 1.29 is 14.7 Å². The second-order valence-corrected chi connectivity index (χ2v) is 4.81. The van der Waals surface area contributed by atoms with Crippen LogP contribution in [-0.2, 0) is 4.79 Å². The van der Waals surface area contributed by atoms with Gasteiger partial charge in [-0.1, -0.05) is 0 Å². The summed E-state index contributed by atoms with van der Waals surface area (Å²) in [6.45, 7) is 0.466. The first-order valence-electron chi connectivity index (χ1n) is 5.34. The number of nitrogens with zero attached hydrogens (tertiary/aromatic N) is 2. The number of aromatic nitrogens is 1. The van der Waals surface area contributed by atoms with Crippen LogP contribution in [0.1, 0.15) is 29.8 Å². The molecule has 1 aromatic heterocycles. The number of thiazole rings is 1. The molecule has 1 aliphatic rings. The summed E-state index contributed by atoms with van der Waals surface area (Å²) in [7, 11) is 0. The second kappa shape index (κ2) is 4.70. The van der Waals surface area contributed by atoms with Gasteiger partial charge in [-0.2, -0.15) is 0 Å². The van der Waals surface area contributed by atoms with Crippen molar-refractivity contribution in [3.8, 4) is 0 Å². The van der Waals surface area contributed by atoms with Gasteiger partial charge in [0.25, 0.3) is 5.91 Å². The molecule has 0 spiro atoms. The van der Waals surface area contributed by atoms with Crippen LogP contribution in [0.15, 0.2) is 5.38 Å². The number of carbonyl (C=O) groups is 2. The molecule has 0 radical (unpaired) electrons. The number of carbonyl (C=O) groups excluding carboxylic acids is 1. The van der Waals surface area contributed by atoms with Gasteiger partial charge in [0.1, 0.15) is 11.7 Å². The lowest BCUT2D eigenvalue weighted by molar-refractivity contribution is -0.143. The van der Waals surface area contributed by atoms with E-state index in [9.17, 15) is 9.59 Å². The zero-order chi connectivity index (χ0) is 12.4. The van der Waals surface area contributed by atoms with E-state index >= 15 is 0 Å². The number of anilines is 1. The molecular formula is C10H13N3O3S. The Morgan fingerprint density at radius 3 is 2.88 bits per heavy atom. The molecule has 3 N–H and O–H groups in total. The highest BCUT2D eigenvalue weighted by molar-refractivity contribution is 7.13. The van der Waals surface area contributed by atoms with E-state index in [1.165, 1.54) is 16.2 Å². The molecule has 17 heavy (non-hydrogen) atoms. The standard InChI is InChI=1S/C10H13N3O3S/c11-10-12-6(5-17-10)8(14)13-4-2-1-3-7(13)9(15)16/h5,7H,1-4H2,(H2,11,12)(H,15,16)/t7-/m0/s1. The smallest absolute Gasteiger partial charge is 0.326 e. The highest BCUT2D eigenvalue weighted by Crippen LogP contribution is 2.21. The summed E-state index contributed by atoms with van der Waals surface area (Å²) in [5, 5.41) is 11.0. The van der Waals surface area contributed by atoms with Crippen LogP contribution < -0.4 is 5.73 Å². The van der Waals surface area contributed by atoms with Crippen LogP contribution in [0.3, 0.4) is 0 Å². The van der Waals surface area contributed by atoms with Crippen molar-refractivity contribution in [2.75, 3.05) is 12.3 Å². The number of hydrogen-bond donors (Lipinski definition) is 2. The molecule has 0 aliphatic carbocycles. The van der Waals surface area contributed by atoms with Gasteiger partial charge in [-0.05, 0) is 19.3 Å². The molecule has 6 nitrogen and oxygen atoms in total. The molecule has 1 saturated heterocycles. The molecule has 1 fully saturated rings. The lowest BCUT2D eigenvalue weighted by atomic mass is 10.0. The van der Waals surface area contributed by atoms with E-state index in [2.05, 4.69) is 4.98 Å². The third-order valence-electron chi connectivity index (χ3n) is 2.79. The van der Waals surface area contributed by atoms with Crippen molar-refractivity contribution in [2.24, 2.45) is 0 Å². The fourth-order valence-electron chi connectivity index (χ4n) is 1.96. The first-order valence-corrected chi connectivity index (χ1v) is 6.22. The maximum atomic E-state index is 12.1. The van der Waals surface area contributed by atoms with E-state index in [0.717, 1.165) is 12.8 Å². The maximum absolute atomic E-state index is 12.1. The van der Waals surface area contributed by atoms with Crippen molar-refractivity contribution in [2.45, 2.75) is 25.3 Å². The first-order chi connectivity index (χ1) is 8.09. The average Bonchev–Trinajstić information content (AvgIpc) is 2.75. The van der Waals surface area contributed by atoms with E-state index in [4.69, 9.17) is 10.8 Å². The first kappa shape index (κ1) is 11.8. The predicted molar refractivity (Wildman–Crippen MR) is 62.8 cm³/mol. The van der Waals surface area contributed by atoms with Gasteiger partial charge >= 0.3 is 5.97 Å². The van der Waals surface area contributed by atoms with E-state index in [0.29, 0.717) is 18.1 Å².